The van der Waals surface area contributed by atoms with E-state index >= 15 is 0 Å². The number of pyridine rings is 1. The van der Waals surface area contributed by atoms with Crippen molar-refractivity contribution in [2.75, 3.05) is 12.4 Å². The molecule has 1 aromatic carbocycles. The number of benzene rings is 1. The van der Waals surface area contributed by atoms with E-state index in [1.165, 1.54) is 6.07 Å². The maximum Gasteiger partial charge on any atom is 0.356 e. The van der Waals surface area contributed by atoms with Crippen LogP contribution in [0.4, 0.5) is 15.8 Å². The van der Waals surface area contributed by atoms with Crippen LogP contribution in [0.5, 0.6) is 0 Å². The van der Waals surface area contributed by atoms with E-state index in [1.54, 1.807) is 13.1 Å². The fourth-order valence-electron chi connectivity index (χ4n) is 3.04. The summed E-state index contributed by atoms with van der Waals surface area (Å²) in [6.45, 7) is 3.70. The number of aromatic nitrogens is 1. The Morgan fingerprint density at radius 2 is 2.07 bits per heavy atom. The largest absolute Gasteiger partial charge is 0.476 e. The fourth-order valence-corrected chi connectivity index (χ4v) is 3.04. The number of halogens is 1. The number of hydrogen-bond donors (Lipinski definition) is 3. The van der Waals surface area contributed by atoms with E-state index in [4.69, 9.17) is 0 Å². The van der Waals surface area contributed by atoms with Gasteiger partial charge in [-0.3, -0.25) is 9.79 Å². The second-order valence-electron chi connectivity index (χ2n) is 7.15. The number of aryl methyl sites for hydroxylation is 1. The van der Waals surface area contributed by atoms with Gasteiger partial charge < -0.3 is 15.7 Å². The molecule has 1 aliphatic rings. The first kappa shape index (κ1) is 20.4. The van der Waals surface area contributed by atoms with Crippen molar-refractivity contribution in [3.63, 3.8) is 0 Å². The summed E-state index contributed by atoms with van der Waals surface area (Å²) in [5, 5.41) is 15.0. The number of aliphatic imine (C=N–C) groups is 1. The second-order valence-corrected chi connectivity index (χ2v) is 7.15. The quantitative estimate of drug-likeness (QED) is 0.485. The Kier molecular flexibility index (Phi) is 5.91. The summed E-state index contributed by atoms with van der Waals surface area (Å²) in [6, 6.07) is 5.71. The Morgan fingerprint density at radius 3 is 2.69 bits per heavy atom. The van der Waals surface area contributed by atoms with Gasteiger partial charge >= 0.3 is 5.97 Å². The minimum absolute atomic E-state index is 0.187. The Bertz CT molecular complexity index is 986. The summed E-state index contributed by atoms with van der Waals surface area (Å²) in [5.74, 6) is -2.03. The predicted octanol–water partition coefficient (Wildman–Crippen LogP) is 3.87. The van der Waals surface area contributed by atoms with Crippen LogP contribution in [-0.2, 0) is 0 Å². The number of hydrogen-bond acceptors (Lipinski definition) is 5. The van der Waals surface area contributed by atoms with Gasteiger partial charge in [0.2, 0.25) is 5.95 Å². The third-order valence-corrected chi connectivity index (χ3v) is 4.69. The zero-order valence-corrected chi connectivity index (χ0v) is 16.5. The van der Waals surface area contributed by atoms with Crippen LogP contribution in [-0.4, -0.2) is 35.2 Å². The van der Waals surface area contributed by atoms with Gasteiger partial charge in [-0.05, 0) is 56.4 Å². The average molecular weight is 398 g/mol. The zero-order valence-electron chi connectivity index (χ0n) is 16.5. The molecule has 2 aromatic rings. The van der Waals surface area contributed by atoms with E-state index in [9.17, 15) is 19.1 Å². The van der Waals surface area contributed by atoms with Gasteiger partial charge in [-0.2, -0.15) is 4.39 Å². The van der Waals surface area contributed by atoms with Crippen LogP contribution in [0.2, 0.25) is 0 Å². The van der Waals surface area contributed by atoms with Gasteiger partial charge in [0.1, 0.15) is 0 Å². The molecule has 29 heavy (non-hydrogen) atoms. The molecule has 0 radical (unpaired) electrons. The van der Waals surface area contributed by atoms with Gasteiger partial charge in [-0.25, -0.2) is 9.78 Å². The summed E-state index contributed by atoms with van der Waals surface area (Å²) in [6.07, 6.45) is 4.02. The number of carboxylic acid groups (broad SMARTS) is 1. The summed E-state index contributed by atoms with van der Waals surface area (Å²) in [7, 11) is 1.56. The topological polar surface area (TPSA) is 104 Å². The fraction of sp³-hybridized carbons (Fsp3) is 0.333. The number of nitrogens with one attached hydrogen (secondary N) is 2. The highest BCUT2D eigenvalue weighted by Crippen LogP contribution is 2.35. The van der Waals surface area contributed by atoms with Crippen LogP contribution in [0.3, 0.4) is 0 Å². The van der Waals surface area contributed by atoms with Gasteiger partial charge in [-0.15, -0.1) is 0 Å². The predicted molar refractivity (Wildman–Crippen MR) is 109 cm³/mol. The van der Waals surface area contributed by atoms with Crippen LogP contribution in [0.1, 0.15) is 57.8 Å². The molecule has 3 rings (SSSR count). The van der Waals surface area contributed by atoms with Crippen molar-refractivity contribution < 1.29 is 19.1 Å². The van der Waals surface area contributed by atoms with Crippen molar-refractivity contribution in [2.45, 2.75) is 32.7 Å². The van der Waals surface area contributed by atoms with Crippen LogP contribution in [0.25, 0.3) is 0 Å². The Morgan fingerprint density at radius 1 is 1.34 bits per heavy atom. The summed E-state index contributed by atoms with van der Waals surface area (Å²) in [5.41, 5.74) is 2.37. The molecule has 1 aromatic heterocycles. The first-order chi connectivity index (χ1) is 13.8. The molecule has 1 heterocycles. The average Bonchev–Trinajstić information content (AvgIpc) is 3.51. The maximum atomic E-state index is 13.4. The monoisotopic (exact) mass is 398 g/mol. The molecule has 1 unspecified atom stereocenters. The van der Waals surface area contributed by atoms with E-state index in [1.807, 2.05) is 26.1 Å². The van der Waals surface area contributed by atoms with Crippen LogP contribution in [0, 0.1) is 18.8 Å². The molecule has 0 saturated heterocycles. The minimum atomic E-state index is -1.33. The highest BCUT2D eigenvalue weighted by Gasteiger charge is 2.23. The standard InChI is InChI=1S/C21H23FN4O3/c1-11-8-14(12(2)25-16-6-7-17(22)26-19(16)21(28)29)18(24-10-13-4-5-13)15(9-11)20(27)23-3/h6-10,12-13,25H,4-5H2,1-3H3,(H,23,27)(H,28,29)/b24-10+. The highest BCUT2D eigenvalue weighted by molar-refractivity contribution is 6.00. The smallest absolute Gasteiger partial charge is 0.356 e. The summed E-state index contributed by atoms with van der Waals surface area (Å²) >= 11 is 0. The van der Waals surface area contributed by atoms with E-state index in [2.05, 4.69) is 20.6 Å². The van der Waals surface area contributed by atoms with Crippen molar-refractivity contribution >= 4 is 29.5 Å². The van der Waals surface area contributed by atoms with Crippen LogP contribution >= 0.6 is 0 Å². The SMILES string of the molecule is CNC(=O)c1cc(C)cc(C(C)Nc2ccc(F)nc2C(=O)O)c1/N=C/C1CC1. The summed E-state index contributed by atoms with van der Waals surface area (Å²) < 4.78 is 13.4. The molecular weight excluding hydrogens is 375 g/mol. The van der Waals surface area contributed by atoms with Crippen molar-refractivity contribution in [3.8, 4) is 0 Å². The minimum Gasteiger partial charge on any atom is -0.476 e. The Hall–Kier alpha value is -3.29. The third kappa shape index (κ3) is 4.77. The Labute approximate surface area is 168 Å². The molecule has 1 atom stereocenters. The first-order valence-electron chi connectivity index (χ1n) is 9.37. The lowest BCUT2D eigenvalue weighted by atomic mass is 9.97. The van der Waals surface area contributed by atoms with Crippen molar-refractivity contribution in [1.82, 2.24) is 10.3 Å². The number of nitrogens with zero attached hydrogens (tertiary/aromatic N) is 2. The molecule has 1 aliphatic carbocycles. The molecule has 1 fully saturated rings. The second kappa shape index (κ2) is 8.38. The van der Waals surface area contributed by atoms with Crippen LogP contribution < -0.4 is 10.6 Å². The van der Waals surface area contributed by atoms with E-state index in [0.29, 0.717) is 17.2 Å². The van der Waals surface area contributed by atoms with E-state index in [-0.39, 0.29) is 11.6 Å². The number of carbonyl (C=O) groups excluding carboxylic acids is 1. The lowest BCUT2D eigenvalue weighted by Gasteiger charge is -2.21. The molecule has 0 aliphatic heterocycles. The third-order valence-electron chi connectivity index (χ3n) is 4.69. The normalized spacial score (nSPS) is 14.6. The molecule has 1 amide bonds. The van der Waals surface area contributed by atoms with E-state index in [0.717, 1.165) is 30.0 Å². The molecule has 1 saturated carbocycles. The first-order valence-corrected chi connectivity index (χ1v) is 9.37. The molecule has 3 N–H and O–H groups in total. The van der Waals surface area contributed by atoms with Crippen molar-refractivity contribution in [2.24, 2.45) is 10.9 Å². The van der Waals surface area contributed by atoms with Crippen LogP contribution in [0.15, 0.2) is 29.3 Å². The number of carboxylic acids is 1. The molecule has 152 valence electrons. The summed E-state index contributed by atoms with van der Waals surface area (Å²) in [4.78, 5) is 31.9. The van der Waals surface area contributed by atoms with E-state index < -0.39 is 23.7 Å². The number of rotatable bonds is 7. The number of aromatic carboxylic acids is 1. The van der Waals surface area contributed by atoms with Gasteiger partial charge in [0.25, 0.3) is 5.91 Å². The van der Waals surface area contributed by atoms with Gasteiger partial charge in [0.15, 0.2) is 5.69 Å². The molecular formula is C21H23FN4O3. The number of carbonyl (C=O) groups is 2. The molecule has 7 nitrogen and oxygen atoms in total. The molecule has 0 bridgehead atoms. The lowest BCUT2D eigenvalue weighted by molar-refractivity contribution is 0.0690. The number of anilines is 1. The van der Waals surface area contributed by atoms with Gasteiger partial charge in [0, 0.05) is 18.8 Å². The van der Waals surface area contributed by atoms with Crippen molar-refractivity contribution in [3.05, 3.63) is 52.6 Å². The zero-order chi connectivity index (χ0) is 21.1. The van der Waals surface area contributed by atoms with Gasteiger partial charge in [0.05, 0.1) is 23.0 Å². The lowest BCUT2D eigenvalue weighted by Crippen LogP contribution is -2.20. The number of amides is 1. The van der Waals surface area contributed by atoms with Crippen molar-refractivity contribution in [1.29, 1.82) is 0 Å². The highest BCUT2D eigenvalue weighted by atomic mass is 19.1. The molecule has 0 spiro atoms. The molecule has 8 heteroatoms. The Balaban J connectivity index is 2.04. The van der Waals surface area contributed by atoms with Gasteiger partial charge in [-0.1, -0.05) is 6.07 Å². The maximum absolute atomic E-state index is 13.4.